The summed E-state index contributed by atoms with van der Waals surface area (Å²) in [4.78, 5) is 44.3. The Hall–Kier alpha value is -3.71. The number of morpholine rings is 1. The predicted molar refractivity (Wildman–Crippen MR) is 146 cm³/mol. The van der Waals surface area contributed by atoms with E-state index in [1.807, 2.05) is 43.9 Å². The number of nitrogens with two attached hydrogens (primary N) is 1. The van der Waals surface area contributed by atoms with Crippen molar-refractivity contribution in [2.24, 2.45) is 5.16 Å². The van der Waals surface area contributed by atoms with Gasteiger partial charge in [-0.05, 0) is 26.8 Å². The number of carbonyl (C=O) groups excluding carboxylic acids is 2. The molecule has 4 rings (SSSR count). The first kappa shape index (κ1) is 28.3. The molecule has 212 valence electrons. The van der Waals surface area contributed by atoms with E-state index in [9.17, 15) is 9.59 Å². The number of anilines is 2. The zero-order valence-corrected chi connectivity index (χ0v) is 22.8. The van der Waals surface area contributed by atoms with Gasteiger partial charge in [0.05, 0.1) is 36.7 Å². The molecule has 3 aliphatic rings. The molecule has 1 aromatic heterocycles. The Labute approximate surface area is 228 Å². The fourth-order valence-corrected chi connectivity index (χ4v) is 4.62. The van der Waals surface area contributed by atoms with Gasteiger partial charge in [-0.3, -0.25) is 4.79 Å². The van der Waals surface area contributed by atoms with Gasteiger partial charge >= 0.3 is 6.03 Å². The fraction of sp³-hybridized carbons (Fsp3) is 0.577. The van der Waals surface area contributed by atoms with Crippen molar-refractivity contribution in [2.45, 2.75) is 38.9 Å². The van der Waals surface area contributed by atoms with Crippen LogP contribution < -0.4 is 16.0 Å². The van der Waals surface area contributed by atoms with Crippen LogP contribution in [0.1, 0.15) is 32.8 Å². The van der Waals surface area contributed by atoms with Crippen molar-refractivity contribution in [1.82, 2.24) is 25.1 Å². The van der Waals surface area contributed by atoms with Crippen LogP contribution in [0.4, 0.5) is 16.4 Å². The summed E-state index contributed by atoms with van der Waals surface area (Å²) in [6.45, 7) is 10.1. The fourth-order valence-electron chi connectivity index (χ4n) is 4.62. The molecule has 39 heavy (non-hydrogen) atoms. The molecule has 0 spiro atoms. The van der Waals surface area contributed by atoms with Crippen molar-refractivity contribution in [3.05, 3.63) is 35.8 Å². The van der Waals surface area contributed by atoms with Gasteiger partial charge in [0.2, 0.25) is 0 Å². The van der Waals surface area contributed by atoms with Gasteiger partial charge in [-0.25, -0.2) is 14.8 Å². The molecular formula is C26H38N8O5. The van der Waals surface area contributed by atoms with Crippen LogP contribution in [0.2, 0.25) is 0 Å². The van der Waals surface area contributed by atoms with Gasteiger partial charge in [0.1, 0.15) is 18.0 Å². The number of carbonyl (C=O) groups is 2. The lowest BCUT2D eigenvalue weighted by atomic mass is 9.96. The molecule has 1 atom stereocenters. The standard InChI is InChI=1S/C26H38N8O5/c1-19(2)39-26(3)6-4-20(5-7-26)31-25(36)34-10-8-33(9-11-34)24-21(23(27)28-18-29-24)16-30-38-17-22(35)32-12-14-37-15-13-32/h4-6,16,18-19H,7-15,17H2,1-3H3,(H,31,36)(H2,27,28,29)/b30-16+. The summed E-state index contributed by atoms with van der Waals surface area (Å²) in [5.74, 6) is 0.688. The van der Waals surface area contributed by atoms with Crippen LogP contribution in [0.15, 0.2) is 35.4 Å². The zero-order chi connectivity index (χ0) is 27.8. The molecule has 0 radical (unpaired) electrons. The van der Waals surface area contributed by atoms with E-state index in [1.54, 1.807) is 9.80 Å². The number of urea groups is 1. The molecule has 2 fully saturated rings. The molecule has 13 heteroatoms. The zero-order valence-electron chi connectivity index (χ0n) is 22.8. The Morgan fingerprint density at radius 2 is 1.92 bits per heavy atom. The minimum Gasteiger partial charge on any atom is -0.386 e. The minimum atomic E-state index is -0.363. The van der Waals surface area contributed by atoms with Crippen LogP contribution in [0, 0.1) is 0 Å². The number of nitrogens with zero attached hydrogens (tertiary/aromatic N) is 6. The largest absolute Gasteiger partial charge is 0.386 e. The van der Waals surface area contributed by atoms with Crippen LogP contribution in [0.5, 0.6) is 0 Å². The highest BCUT2D eigenvalue weighted by Crippen LogP contribution is 2.25. The first-order valence-electron chi connectivity index (χ1n) is 13.2. The van der Waals surface area contributed by atoms with Crippen molar-refractivity contribution in [1.29, 1.82) is 0 Å². The Morgan fingerprint density at radius 1 is 1.18 bits per heavy atom. The highest BCUT2D eigenvalue weighted by atomic mass is 16.6. The van der Waals surface area contributed by atoms with Crippen LogP contribution in [0.3, 0.4) is 0 Å². The van der Waals surface area contributed by atoms with E-state index in [1.165, 1.54) is 12.5 Å². The van der Waals surface area contributed by atoms with Crippen molar-refractivity contribution in [2.75, 3.05) is 69.7 Å². The third-order valence-corrected chi connectivity index (χ3v) is 6.67. The summed E-state index contributed by atoms with van der Waals surface area (Å²) in [6.07, 6.45) is 9.50. The number of rotatable bonds is 8. The van der Waals surface area contributed by atoms with Crippen LogP contribution >= 0.6 is 0 Å². The number of nitrogen functional groups attached to an aromatic ring is 1. The molecule has 1 unspecified atom stereocenters. The van der Waals surface area contributed by atoms with E-state index in [2.05, 4.69) is 20.4 Å². The molecule has 2 aliphatic heterocycles. The highest BCUT2D eigenvalue weighted by Gasteiger charge is 2.27. The molecule has 0 aromatic carbocycles. The molecule has 3 heterocycles. The maximum Gasteiger partial charge on any atom is 0.321 e. The number of hydrogen-bond acceptors (Lipinski definition) is 10. The second-order valence-corrected chi connectivity index (χ2v) is 10.1. The number of aromatic nitrogens is 2. The van der Waals surface area contributed by atoms with Crippen molar-refractivity contribution < 1.29 is 23.9 Å². The summed E-state index contributed by atoms with van der Waals surface area (Å²) in [6, 6.07) is -0.152. The number of amides is 3. The lowest BCUT2D eigenvalue weighted by molar-refractivity contribution is -0.140. The average Bonchev–Trinajstić information content (AvgIpc) is 2.93. The number of ether oxygens (including phenoxy) is 2. The number of oxime groups is 1. The quantitative estimate of drug-likeness (QED) is 0.364. The number of hydrogen-bond donors (Lipinski definition) is 2. The van der Waals surface area contributed by atoms with Crippen molar-refractivity contribution in [3.63, 3.8) is 0 Å². The number of allylic oxidation sites excluding steroid dienone is 1. The van der Waals surface area contributed by atoms with E-state index in [0.29, 0.717) is 70.3 Å². The molecule has 3 amide bonds. The van der Waals surface area contributed by atoms with Gasteiger partial charge in [-0.15, -0.1) is 0 Å². The SMILES string of the molecule is CC(C)OC1(C)C=CC(NC(=O)N2CCN(c3ncnc(N)c3/C=N/OCC(=O)N3CCOCC3)CC2)=CC1. The van der Waals surface area contributed by atoms with Gasteiger partial charge in [-0.2, -0.15) is 0 Å². The monoisotopic (exact) mass is 542 g/mol. The van der Waals surface area contributed by atoms with Crippen LogP contribution in [-0.4, -0.2) is 109 Å². The number of nitrogens with one attached hydrogen (secondary N) is 1. The molecule has 0 saturated carbocycles. The van der Waals surface area contributed by atoms with Gasteiger partial charge < -0.3 is 40.1 Å². The predicted octanol–water partition coefficient (Wildman–Crippen LogP) is 1.13. The topological polar surface area (TPSA) is 148 Å². The molecule has 0 bridgehead atoms. The van der Waals surface area contributed by atoms with E-state index < -0.39 is 0 Å². The van der Waals surface area contributed by atoms with Crippen molar-refractivity contribution in [3.8, 4) is 0 Å². The Bertz CT molecular complexity index is 1110. The third kappa shape index (κ3) is 7.67. The van der Waals surface area contributed by atoms with E-state index in [-0.39, 0.29) is 36.1 Å². The first-order chi connectivity index (χ1) is 18.7. The average molecular weight is 543 g/mol. The van der Waals surface area contributed by atoms with E-state index in [0.717, 1.165) is 5.70 Å². The maximum atomic E-state index is 12.9. The third-order valence-electron chi connectivity index (χ3n) is 6.67. The summed E-state index contributed by atoms with van der Waals surface area (Å²) in [7, 11) is 0. The molecule has 3 N–H and O–H groups in total. The molecule has 13 nitrogen and oxygen atoms in total. The lowest BCUT2D eigenvalue weighted by Crippen LogP contribution is -2.52. The van der Waals surface area contributed by atoms with Gasteiger partial charge in [0.15, 0.2) is 6.61 Å². The Balaban J connectivity index is 1.28. The first-order valence-corrected chi connectivity index (χ1v) is 13.2. The number of piperazine rings is 1. The second kappa shape index (κ2) is 12.9. The van der Waals surface area contributed by atoms with Gasteiger partial charge in [0, 0.05) is 51.4 Å². The minimum absolute atomic E-state index is 0.120. The van der Waals surface area contributed by atoms with E-state index in [4.69, 9.17) is 20.0 Å². The van der Waals surface area contributed by atoms with Gasteiger partial charge in [0.25, 0.3) is 5.91 Å². The Morgan fingerprint density at radius 3 is 2.59 bits per heavy atom. The molecule has 2 saturated heterocycles. The summed E-state index contributed by atoms with van der Waals surface area (Å²) >= 11 is 0. The normalized spacial score (nSPS) is 21.8. The van der Waals surface area contributed by atoms with Crippen LogP contribution in [-0.2, 0) is 19.1 Å². The second-order valence-electron chi connectivity index (χ2n) is 10.1. The Kier molecular flexibility index (Phi) is 9.36. The molecular weight excluding hydrogens is 504 g/mol. The maximum absolute atomic E-state index is 12.9. The summed E-state index contributed by atoms with van der Waals surface area (Å²) in [5, 5.41) is 6.93. The lowest BCUT2D eigenvalue weighted by Gasteiger charge is -2.36. The highest BCUT2D eigenvalue weighted by molar-refractivity contribution is 5.92. The molecule has 1 aliphatic carbocycles. The smallest absolute Gasteiger partial charge is 0.321 e. The van der Waals surface area contributed by atoms with E-state index >= 15 is 0 Å². The van der Waals surface area contributed by atoms with Crippen LogP contribution in [0.25, 0.3) is 0 Å². The summed E-state index contributed by atoms with van der Waals surface area (Å²) < 4.78 is 11.2. The summed E-state index contributed by atoms with van der Waals surface area (Å²) in [5.41, 5.74) is 7.00. The van der Waals surface area contributed by atoms with Crippen molar-refractivity contribution >= 4 is 29.8 Å². The molecule has 1 aromatic rings. The van der Waals surface area contributed by atoms with Gasteiger partial charge in [-0.1, -0.05) is 17.3 Å².